The summed E-state index contributed by atoms with van der Waals surface area (Å²) in [4.78, 5) is 11.4. The van der Waals surface area contributed by atoms with E-state index in [2.05, 4.69) is 19.1 Å². The van der Waals surface area contributed by atoms with Gasteiger partial charge in [-0.3, -0.25) is 9.68 Å². The number of hydroxylamine groups is 2. The lowest BCUT2D eigenvalue weighted by Crippen LogP contribution is -2.27. The molecule has 5 heteroatoms. The van der Waals surface area contributed by atoms with Crippen LogP contribution in [-0.4, -0.2) is 48.4 Å². The molecule has 0 spiro atoms. The Morgan fingerprint density at radius 1 is 0.548 bits per heavy atom. The van der Waals surface area contributed by atoms with Crippen molar-refractivity contribution in [1.29, 1.82) is 0 Å². The Labute approximate surface area is 193 Å². The van der Waals surface area contributed by atoms with E-state index in [-0.39, 0.29) is 13.2 Å². The van der Waals surface area contributed by atoms with Crippen molar-refractivity contribution in [3.8, 4) is 0 Å². The van der Waals surface area contributed by atoms with E-state index in [4.69, 9.17) is 19.9 Å². The molecule has 0 amide bonds. The minimum atomic E-state index is 0.204. The molecule has 0 aliphatic heterocycles. The third-order valence-electron chi connectivity index (χ3n) is 5.43. The van der Waals surface area contributed by atoms with Crippen LogP contribution in [0.5, 0.6) is 0 Å². The van der Waals surface area contributed by atoms with Gasteiger partial charge in [0, 0.05) is 13.2 Å². The van der Waals surface area contributed by atoms with E-state index in [1.807, 2.05) is 0 Å². The second-order valence-corrected chi connectivity index (χ2v) is 8.52. The van der Waals surface area contributed by atoms with Crippen LogP contribution in [0.3, 0.4) is 0 Å². The molecule has 0 fully saturated rings. The minimum Gasteiger partial charge on any atom is -0.396 e. The summed E-state index contributed by atoms with van der Waals surface area (Å²) in [7, 11) is 0. The Morgan fingerprint density at radius 3 is 1.48 bits per heavy atom. The van der Waals surface area contributed by atoms with E-state index >= 15 is 0 Å². The maximum atomic E-state index is 8.86. The first-order valence-electron chi connectivity index (χ1n) is 13.2. The number of hydrogen-bond acceptors (Lipinski definition) is 5. The van der Waals surface area contributed by atoms with Gasteiger partial charge in [-0.1, -0.05) is 82.1 Å². The maximum Gasteiger partial charge on any atom is 0.0712 e. The number of aliphatic hydroxyl groups excluding tert-OH is 2. The lowest BCUT2D eigenvalue weighted by Gasteiger charge is -2.21. The second-order valence-electron chi connectivity index (χ2n) is 8.52. The van der Waals surface area contributed by atoms with Crippen LogP contribution in [0.15, 0.2) is 12.2 Å². The number of hydrogen-bond donors (Lipinski definition) is 2. The van der Waals surface area contributed by atoms with Crippen molar-refractivity contribution in [2.75, 3.05) is 33.0 Å². The van der Waals surface area contributed by atoms with E-state index in [0.29, 0.717) is 13.2 Å². The Morgan fingerprint density at radius 2 is 1.00 bits per heavy atom. The van der Waals surface area contributed by atoms with Crippen LogP contribution in [0.1, 0.15) is 122 Å². The highest BCUT2D eigenvalue weighted by Gasteiger charge is 2.06. The molecule has 2 N–H and O–H groups in total. The van der Waals surface area contributed by atoms with Crippen LogP contribution >= 0.6 is 0 Å². The molecule has 0 aromatic rings. The second kappa shape index (κ2) is 27.6. The zero-order valence-electron chi connectivity index (χ0n) is 20.6. The van der Waals surface area contributed by atoms with Crippen molar-refractivity contribution in [3.05, 3.63) is 12.2 Å². The Kier molecular flexibility index (Phi) is 27.2. The first-order valence-corrected chi connectivity index (χ1v) is 13.2. The molecule has 0 saturated carbocycles. The molecule has 0 aliphatic carbocycles. The van der Waals surface area contributed by atoms with Gasteiger partial charge in [-0.2, -0.15) is 0 Å². The molecule has 0 bridgehead atoms. The fraction of sp³-hybridized carbons (Fsp3) is 0.923. The highest BCUT2D eigenvalue weighted by Crippen LogP contribution is 2.11. The largest absolute Gasteiger partial charge is 0.396 e. The molecule has 31 heavy (non-hydrogen) atoms. The summed E-state index contributed by atoms with van der Waals surface area (Å²) in [6.45, 7) is 4.61. The van der Waals surface area contributed by atoms with Crippen molar-refractivity contribution in [2.24, 2.45) is 0 Å². The fourth-order valence-corrected chi connectivity index (χ4v) is 3.42. The van der Waals surface area contributed by atoms with Gasteiger partial charge in [0.15, 0.2) is 0 Å². The van der Waals surface area contributed by atoms with E-state index < -0.39 is 0 Å². The average Bonchev–Trinajstić information content (AvgIpc) is 2.78. The Hall–Kier alpha value is -0.460. The normalized spacial score (nSPS) is 11.9. The highest BCUT2D eigenvalue weighted by atomic mass is 16.9. The molecule has 186 valence electrons. The summed E-state index contributed by atoms with van der Waals surface area (Å²) in [6, 6.07) is 0. The monoisotopic (exact) mass is 443 g/mol. The molecule has 0 aromatic carbocycles. The minimum absolute atomic E-state index is 0.204. The molecule has 0 atom stereocenters. The Balaban J connectivity index is 3.53. The van der Waals surface area contributed by atoms with Gasteiger partial charge in [0.1, 0.15) is 0 Å². The number of unbranched alkanes of at least 4 members (excludes halogenated alkanes) is 14. The first kappa shape index (κ1) is 30.5. The van der Waals surface area contributed by atoms with Crippen LogP contribution in [0.25, 0.3) is 0 Å². The van der Waals surface area contributed by atoms with E-state index in [1.54, 1.807) is 5.23 Å². The zero-order valence-corrected chi connectivity index (χ0v) is 20.6. The lowest BCUT2D eigenvalue weighted by molar-refractivity contribution is -0.369. The third-order valence-corrected chi connectivity index (χ3v) is 5.43. The number of rotatable bonds is 26. The van der Waals surface area contributed by atoms with Crippen molar-refractivity contribution < 1.29 is 19.9 Å². The van der Waals surface area contributed by atoms with E-state index in [9.17, 15) is 0 Å². The summed E-state index contributed by atoms with van der Waals surface area (Å²) in [5.74, 6) is 0. The first-order chi connectivity index (χ1) is 15.3. The van der Waals surface area contributed by atoms with Gasteiger partial charge in [-0.25, -0.2) is 0 Å². The van der Waals surface area contributed by atoms with Crippen molar-refractivity contribution in [2.45, 2.75) is 122 Å². The van der Waals surface area contributed by atoms with Gasteiger partial charge in [-0.15, -0.1) is 0 Å². The molecule has 0 rings (SSSR count). The predicted octanol–water partition coefficient (Wildman–Crippen LogP) is 6.73. The van der Waals surface area contributed by atoms with Gasteiger partial charge in [-0.05, 0) is 57.8 Å². The molecule has 0 heterocycles. The fourth-order valence-electron chi connectivity index (χ4n) is 3.42. The van der Waals surface area contributed by atoms with Gasteiger partial charge in [0.05, 0.1) is 19.8 Å². The molecule has 0 saturated heterocycles. The summed E-state index contributed by atoms with van der Waals surface area (Å²) in [5.41, 5.74) is 0. The van der Waals surface area contributed by atoms with Crippen LogP contribution in [0.2, 0.25) is 0 Å². The Bertz CT molecular complexity index is 340. The van der Waals surface area contributed by atoms with Crippen LogP contribution < -0.4 is 0 Å². The number of nitrogens with zero attached hydrogens (tertiary/aromatic N) is 1. The number of aliphatic hydroxyl groups is 2. The van der Waals surface area contributed by atoms with Gasteiger partial charge < -0.3 is 10.2 Å². The predicted molar refractivity (Wildman–Crippen MR) is 131 cm³/mol. The quantitative estimate of drug-likeness (QED) is 0.0881. The summed E-state index contributed by atoms with van der Waals surface area (Å²) < 4.78 is 0. The van der Waals surface area contributed by atoms with Crippen molar-refractivity contribution >= 4 is 0 Å². The molecular formula is C26H53NO4. The lowest BCUT2D eigenvalue weighted by atomic mass is 10.1. The van der Waals surface area contributed by atoms with Gasteiger partial charge in [0.2, 0.25) is 0 Å². The molecule has 0 unspecified atom stereocenters. The van der Waals surface area contributed by atoms with Crippen LogP contribution in [0, 0.1) is 0 Å². The molecule has 5 nitrogen and oxygen atoms in total. The van der Waals surface area contributed by atoms with Gasteiger partial charge in [0.25, 0.3) is 0 Å². The average molecular weight is 444 g/mol. The summed E-state index contributed by atoms with van der Waals surface area (Å²) in [6.07, 6.45) is 26.2. The molecule has 0 radical (unpaired) electrons. The summed E-state index contributed by atoms with van der Waals surface area (Å²) >= 11 is 0. The van der Waals surface area contributed by atoms with Crippen molar-refractivity contribution in [3.63, 3.8) is 0 Å². The van der Waals surface area contributed by atoms with Gasteiger partial charge >= 0.3 is 0 Å². The molecule has 0 aromatic heterocycles. The molecular weight excluding hydrogens is 390 g/mol. The maximum absolute atomic E-state index is 8.86. The smallest absolute Gasteiger partial charge is 0.0712 e. The zero-order chi connectivity index (χ0) is 22.7. The molecule has 0 aliphatic rings. The SMILES string of the molecule is CCCCCCCC/C=C\CCCCCCCCN(OCCCCO)OCCCCO. The van der Waals surface area contributed by atoms with E-state index in [1.165, 1.54) is 83.5 Å². The van der Waals surface area contributed by atoms with Crippen LogP contribution in [0.4, 0.5) is 0 Å². The standard InChI is InChI=1S/C26H53NO4/c1-2-3-4-5-6-7-8-9-10-11-12-13-14-15-16-17-22-27(30-25-20-18-23-28)31-26-21-19-24-29/h9-10,28-29H,2-8,11-26H2,1H3/b10-9-. The summed E-state index contributed by atoms with van der Waals surface area (Å²) in [5, 5.41) is 19.3. The highest BCUT2D eigenvalue weighted by molar-refractivity contribution is 4.81. The third kappa shape index (κ3) is 25.7. The van der Waals surface area contributed by atoms with E-state index in [0.717, 1.165) is 38.6 Å². The van der Waals surface area contributed by atoms with Crippen LogP contribution in [-0.2, 0) is 9.68 Å². The van der Waals surface area contributed by atoms with Crippen molar-refractivity contribution in [1.82, 2.24) is 5.23 Å². The topological polar surface area (TPSA) is 62.2 Å². The number of allylic oxidation sites excluding steroid dienone is 2.